The number of diazo groups is 1. The Morgan fingerprint density at radius 3 is 1.95 bits per heavy atom. The molecule has 1 amide bonds. The third-order valence-electron chi connectivity index (χ3n) is 1.76. The number of aliphatic hydroxyl groups excluding tert-OH is 1. The van der Waals surface area contributed by atoms with Crippen LogP contribution in [0.15, 0.2) is 11.5 Å². The smallest absolute Gasteiger partial charge is 0.503 e. The number of nitrogens with zero attached hydrogens (tertiary/aromatic N) is 2. The van der Waals surface area contributed by atoms with Gasteiger partial charge in [0.1, 0.15) is 11.2 Å². The number of alkyl carbamates (subject to hydrolysis) is 1. The van der Waals surface area contributed by atoms with E-state index in [2.05, 4.69) is 10.3 Å². The lowest BCUT2D eigenvalue weighted by Crippen LogP contribution is -2.34. The van der Waals surface area contributed by atoms with Crippen molar-refractivity contribution < 1.29 is 24.2 Å². The second-order valence-electron chi connectivity index (χ2n) is 6.25. The molecule has 0 unspecified atom stereocenters. The second kappa shape index (κ2) is 6.92. The minimum Gasteiger partial charge on any atom is -0.503 e. The Balaban J connectivity index is 4.77. The Hall–Kier alpha value is -2.30. The van der Waals surface area contributed by atoms with Crippen molar-refractivity contribution in [2.24, 2.45) is 0 Å². The van der Waals surface area contributed by atoms with Crippen molar-refractivity contribution in [3.63, 3.8) is 0 Å². The maximum Gasteiger partial charge on any atom is 0.507 e. The lowest BCUT2D eigenvalue weighted by Gasteiger charge is -2.19. The van der Waals surface area contributed by atoms with Crippen molar-refractivity contribution in [1.82, 2.24) is 5.32 Å². The zero-order valence-electron chi connectivity index (χ0n) is 13.2. The maximum absolute atomic E-state index is 11.7. The van der Waals surface area contributed by atoms with Crippen molar-refractivity contribution >= 4 is 12.1 Å². The van der Waals surface area contributed by atoms with Crippen LogP contribution < -0.4 is 5.32 Å². The minimum absolute atomic E-state index is 0.437. The van der Waals surface area contributed by atoms with E-state index < -0.39 is 41.3 Å². The maximum atomic E-state index is 11.7. The van der Waals surface area contributed by atoms with Crippen molar-refractivity contribution in [3.05, 3.63) is 16.4 Å². The third kappa shape index (κ3) is 8.47. The van der Waals surface area contributed by atoms with Crippen LogP contribution in [0.25, 0.3) is 4.98 Å². The highest BCUT2D eigenvalue weighted by molar-refractivity contribution is 5.91. The van der Waals surface area contributed by atoms with E-state index in [9.17, 15) is 14.7 Å². The summed E-state index contributed by atoms with van der Waals surface area (Å²) in [5, 5.41) is 20.7. The van der Waals surface area contributed by atoms with Gasteiger partial charge in [-0.15, -0.1) is 0 Å². The van der Waals surface area contributed by atoms with Crippen LogP contribution in [0.1, 0.15) is 41.5 Å². The Kier molecular flexibility index (Phi) is 6.17. The standard InChI is InChI=1S/C13H21N3O5/c1-12(2,3)20-10(18)9(16-14)8(17)7-15-11(19)21-13(4,5)6/h7H2,1-6H3,(H-,15,17,18,19)/p+1. The fraction of sp³-hybridized carbons (Fsp3) is 0.692. The first-order chi connectivity index (χ1) is 9.35. The van der Waals surface area contributed by atoms with Crippen LogP contribution in [0.3, 0.4) is 0 Å². The molecule has 0 spiro atoms. The summed E-state index contributed by atoms with van der Waals surface area (Å²) < 4.78 is 9.89. The molecule has 0 saturated carbocycles. The summed E-state index contributed by atoms with van der Waals surface area (Å²) in [7, 11) is 0. The van der Waals surface area contributed by atoms with Crippen LogP contribution in [-0.4, -0.2) is 34.9 Å². The van der Waals surface area contributed by atoms with Crippen molar-refractivity contribution in [3.8, 4) is 0 Å². The molecule has 21 heavy (non-hydrogen) atoms. The van der Waals surface area contributed by atoms with Crippen molar-refractivity contribution in [1.29, 1.82) is 5.39 Å². The van der Waals surface area contributed by atoms with E-state index in [0.29, 0.717) is 0 Å². The van der Waals surface area contributed by atoms with E-state index >= 15 is 0 Å². The van der Waals surface area contributed by atoms with Crippen LogP contribution in [0, 0.1) is 5.39 Å². The van der Waals surface area contributed by atoms with E-state index in [-0.39, 0.29) is 0 Å². The summed E-state index contributed by atoms with van der Waals surface area (Å²) in [5.41, 5.74) is -2.19. The lowest BCUT2D eigenvalue weighted by atomic mass is 10.2. The van der Waals surface area contributed by atoms with Gasteiger partial charge in [0, 0.05) is 0 Å². The number of ether oxygens (including phenoxy) is 2. The number of rotatable bonds is 3. The molecule has 0 saturated heterocycles. The van der Waals surface area contributed by atoms with Gasteiger partial charge in [-0.2, -0.15) is 0 Å². The molecule has 0 aromatic rings. The first kappa shape index (κ1) is 18.7. The number of carbonyl (C=O) groups excluding carboxylic acids is 2. The zero-order chi connectivity index (χ0) is 16.8. The summed E-state index contributed by atoms with van der Waals surface area (Å²) in [6.45, 7) is 9.46. The summed E-state index contributed by atoms with van der Waals surface area (Å²) in [5.74, 6) is -1.65. The van der Waals surface area contributed by atoms with Gasteiger partial charge in [0.2, 0.25) is 11.2 Å². The molecule has 0 aromatic carbocycles. The lowest BCUT2D eigenvalue weighted by molar-refractivity contribution is -0.149. The van der Waals surface area contributed by atoms with Gasteiger partial charge in [-0.3, -0.25) is 0 Å². The van der Waals surface area contributed by atoms with Crippen LogP contribution in [-0.2, 0) is 14.3 Å². The van der Waals surface area contributed by atoms with Gasteiger partial charge in [-0.05, 0) is 41.5 Å². The highest BCUT2D eigenvalue weighted by atomic mass is 16.6. The first-order valence-electron chi connectivity index (χ1n) is 6.33. The van der Waals surface area contributed by atoms with Crippen LogP contribution >= 0.6 is 0 Å². The molecule has 0 aliphatic heterocycles. The number of esters is 1. The van der Waals surface area contributed by atoms with Crippen molar-refractivity contribution in [2.75, 3.05) is 6.54 Å². The van der Waals surface area contributed by atoms with Crippen molar-refractivity contribution in [2.45, 2.75) is 52.7 Å². The summed E-state index contributed by atoms with van der Waals surface area (Å²) in [6.07, 6.45) is -0.782. The molecule has 0 aliphatic carbocycles. The Morgan fingerprint density at radius 2 is 1.57 bits per heavy atom. The van der Waals surface area contributed by atoms with Gasteiger partial charge in [0.15, 0.2) is 4.98 Å². The van der Waals surface area contributed by atoms with Gasteiger partial charge >= 0.3 is 17.8 Å². The Morgan fingerprint density at radius 1 is 1.10 bits per heavy atom. The molecule has 0 aromatic heterocycles. The number of carbonyl (C=O) groups is 2. The largest absolute Gasteiger partial charge is 0.507 e. The molecule has 0 bridgehead atoms. The predicted octanol–water partition coefficient (Wildman–Crippen LogP) is 2.48. The highest BCUT2D eigenvalue weighted by Crippen LogP contribution is 2.14. The summed E-state index contributed by atoms with van der Waals surface area (Å²) >= 11 is 0. The monoisotopic (exact) mass is 300 g/mol. The average molecular weight is 300 g/mol. The molecule has 0 rings (SSSR count). The van der Waals surface area contributed by atoms with Gasteiger partial charge < -0.3 is 19.9 Å². The van der Waals surface area contributed by atoms with E-state index in [1.165, 1.54) is 0 Å². The Labute approximate surface area is 123 Å². The number of amides is 1. The van der Waals surface area contributed by atoms with Crippen LogP contribution in [0.2, 0.25) is 0 Å². The predicted molar refractivity (Wildman–Crippen MR) is 74.8 cm³/mol. The van der Waals surface area contributed by atoms with Crippen LogP contribution in [0.5, 0.6) is 0 Å². The molecule has 0 heterocycles. The molecule has 0 radical (unpaired) electrons. The quantitative estimate of drug-likeness (QED) is 0.358. The Bertz CT molecular complexity index is 478. The molecular weight excluding hydrogens is 278 g/mol. The van der Waals surface area contributed by atoms with E-state index in [4.69, 9.17) is 14.9 Å². The molecule has 0 aliphatic rings. The topological polar surface area (TPSA) is 113 Å². The molecule has 8 nitrogen and oxygen atoms in total. The fourth-order valence-corrected chi connectivity index (χ4v) is 1.10. The second-order valence-corrected chi connectivity index (χ2v) is 6.25. The van der Waals surface area contributed by atoms with Gasteiger partial charge in [0.25, 0.3) is 0 Å². The molecule has 2 N–H and O–H groups in total. The van der Waals surface area contributed by atoms with E-state index in [1.54, 1.807) is 41.5 Å². The molecule has 8 heteroatoms. The van der Waals surface area contributed by atoms with Crippen LogP contribution in [0.4, 0.5) is 4.79 Å². The average Bonchev–Trinajstić information content (AvgIpc) is 2.22. The summed E-state index contributed by atoms with van der Waals surface area (Å²) in [6, 6.07) is 0. The fourth-order valence-electron chi connectivity index (χ4n) is 1.10. The molecule has 118 valence electrons. The molecule has 0 fully saturated rings. The highest BCUT2D eigenvalue weighted by Gasteiger charge is 2.34. The minimum atomic E-state index is -1.01. The van der Waals surface area contributed by atoms with E-state index in [0.717, 1.165) is 0 Å². The molecule has 0 atom stereocenters. The van der Waals surface area contributed by atoms with Gasteiger partial charge in [-0.1, -0.05) is 0 Å². The number of hydrogen-bond acceptors (Lipinski definition) is 6. The van der Waals surface area contributed by atoms with Gasteiger partial charge in [0.05, 0.1) is 6.54 Å². The number of hydrogen-bond donors (Lipinski definition) is 2. The number of nitrogens with one attached hydrogen (secondary N) is 1. The SMILES string of the molecule is CC(C)(C)OC(=O)NC/C(O)=C(\[N+]#N)C(=O)OC(C)(C)C. The number of aliphatic hydroxyl groups is 1. The molecular formula is C13H22N3O5+. The van der Waals surface area contributed by atoms with Gasteiger partial charge in [-0.25, -0.2) is 9.59 Å². The normalized spacial score (nSPS) is 12.8. The zero-order valence-corrected chi connectivity index (χ0v) is 13.2. The third-order valence-corrected chi connectivity index (χ3v) is 1.76. The summed E-state index contributed by atoms with van der Waals surface area (Å²) in [4.78, 5) is 25.8. The van der Waals surface area contributed by atoms with E-state index in [1.807, 2.05) is 0 Å². The first-order valence-corrected chi connectivity index (χ1v) is 6.33.